The number of nitrogens with zero attached hydrogens (tertiary/aromatic N) is 1. The summed E-state index contributed by atoms with van der Waals surface area (Å²) in [5.74, 6) is -0.573. The van der Waals surface area contributed by atoms with Crippen molar-refractivity contribution in [2.75, 3.05) is 5.32 Å². The van der Waals surface area contributed by atoms with E-state index < -0.39 is 0 Å². The van der Waals surface area contributed by atoms with Crippen LogP contribution in [0.3, 0.4) is 0 Å². The number of amides is 1. The molecule has 0 spiro atoms. The van der Waals surface area contributed by atoms with Gasteiger partial charge in [-0.1, -0.05) is 0 Å². The number of rotatable bonds is 3. The first-order chi connectivity index (χ1) is 9.72. The third kappa shape index (κ3) is 2.60. The number of thiazole rings is 1. The zero-order chi connectivity index (χ0) is 13.9. The van der Waals surface area contributed by atoms with Crippen LogP contribution in [0.2, 0.25) is 0 Å². The molecule has 0 radical (unpaired) electrons. The van der Waals surface area contributed by atoms with E-state index in [-0.39, 0.29) is 11.7 Å². The normalized spacial score (nSPS) is 10.4. The summed E-state index contributed by atoms with van der Waals surface area (Å²) < 4.78 is 17.7. The lowest BCUT2D eigenvalue weighted by Gasteiger charge is -1.98. The van der Waals surface area contributed by atoms with E-state index in [0.29, 0.717) is 16.4 Å². The maximum Gasteiger partial charge on any atom is 0.260 e. The lowest BCUT2D eigenvalue weighted by atomic mass is 10.2. The largest absolute Gasteiger partial charge is 0.472 e. The molecule has 0 saturated heterocycles. The van der Waals surface area contributed by atoms with Gasteiger partial charge in [0.2, 0.25) is 0 Å². The van der Waals surface area contributed by atoms with Crippen LogP contribution in [-0.2, 0) is 0 Å². The van der Waals surface area contributed by atoms with Crippen molar-refractivity contribution >= 4 is 22.4 Å². The molecule has 0 fully saturated rings. The Morgan fingerprint density at radius 1 is 1.25 bits per heavy atom. The predicted molar refractivity (Wildman–Crippen MR) is 74.2 cm³/mol. The number of hydrogen-bond donors (Lipinski definition) is 1. The molecule has 0 aliphatic carbocycles. The van der Waals surface area contributed by atoms with Crippen LogP contribution in [0.4, 0.5) is 9.52 Å². The maximum atomic E-state index is 12.9. The van der Waals surface area contributed by atoms with Gasteiger partial charge in [0, 0.05) is 10.9 Å². The molecule has 0 unspecified atom stereocenters. The molecular weight excluding hydrogens is 279 g/mol. The summed E-state index contributed by atoms with van der Waals surface area (Å²) in [6.07, 6.45) is 2.80. The number of halogens is 1. The number of aromatic nitrogens is 1. The van der Waals surface area contributed by atoms with Crippen LogP contribution in [0.15, 0.2) is 52.7 Å². The number of carbonyl (C=O) groups excluding carboxylic acids is 1. The molecule has 0 aliphatic rings. The minimum Gasteiger partial charge on any atom is -0.472 e. The molecule has 20 heavy (non-hydrogen) atoms. The van der Waals surface area contributed by atoms with Crippen LogP contribution in [0.5, 0.6) is 0 Å². The Bertz CT molecular complexity index is 720. The van der Waals surface area contributed by atoms with E-state index in [4.69, 9.17) is 4.42 Å². The highest BCUT2D eigenvalue weighted by Gasteiger charge is 2.10. The fourth-order valence-corrected chi connectivity index (χ4v) is 2.36. The van der Waals surface area contributed by atoms with Gasteiger partial charge in [0.05, 0.1) is 17.5 Å². The monoisotopic (exact) mass is 288 g/mol. The Kier molecular flexibility index (Phi) is 3.30. The molecule has 6 heteroatoms. The van der Waals surface area contributed by atoms with Gasteiger partial charge < -0.3 is 4.42 Å². The molecule has 100 valence electrons. The average Bonchev–Trinajstić information content (AvgIpc) is 3.10. The first-order valence-electron chi connectivity index (χ1n) is 5.77. The topological polar surface area (TPSA) is 55.1 Å². The molecular formula is C14H9FN2O2S. The van der Waals surface area contributed by atoms with Crippen LogP contribution in [0.25, 0.3) is 11.3 Å². The highest BCUT2D eigenvalue weighted by atomic mass is 32.1. The smallest absolute Gasteiger partial charge is 0.260 e. The summed E-state index contributed by atoms with van der Waals surface area (Å²) >= 11 is 1.31. The minimum absolute atomic E-state index is 0.279. The second kappa shape index (κ2) is 5.26. The van der Waals surface area contributed by atoms with Gasteiger partial charge in [0.15, 0.2) is 5.13 Å². The Hall–Kier alpha value is -2.47. The van der Waals surface area contributed by atoms with Gasteiger partial charge in [-0.15, -0.1) is 11.3 Å². The van der Waals surface area contributed by atoms with Crippen molar-refractivity contribution in [1.82, 2.24) is 4.98 Å². The fourth-order valence-electron chi connectivity index (χ4n) is 1.65. The second-order valence-corrected chi connectivity index (χ2v) is 4.87. The maximum absolute atomic E-state index is 12.9. The molecule has 4 nitrogen and oxygen atoms in total. The number of carbonyl (C=O) groups is 1. The summed E-state index contributed by atoms with van der Waals surface area (Å²) in [7, 11) is 0. The van der Waals surface area contributed by atoms with Crippen molar-refractivity contribution in [2.45, 2.75) is 0 Å². The van der Waals surface area contributed by atoms with E-state index in [1.807, 2.05) is 0 Å². The van der Waals surface area contributed by atoms with Crippen LogP contribution in [0.1, 0.15) is 10.4 Å². The second-order valence-electron chi connectivity index (χ2n) is 4.01. The Labute approximate surface area is 117 Å². The molecule has 1 N–H and O–H groups in total. The SMILES string of the molecule is O=C(Nc1nc(-c2ccc(F)cc2)cs1)c1ccoc1. The average molecular weight is 288 g/mol. The number of furan rings is 1. The first-order valence-corrected chi connectivity index (χ1v) is 6.65. The summed E-state index contributed by atoms with van der Waals surface area (Å²) in [5.41, 5.74) is 1.92. The van der Waals surface area contributed by atoms with Gasteiger partial charge in [0.1, 0.15) is 12.1 Å². The van der Waals surface area contributed by atoms with Crippen molar-refractivity contribution in [3.8, 4) is 11.3 Å². The highest BCUT2D eigenvalue weighted by molar-refractivity contribution is 7.14. The van der Waals surface area contributed by atoms with E-state index in [1.165, 1.54) is 36.0 Å². The third-order valence-corrected chi connectivity index (χ3v) is 3.41. The van der Waals surface area contributed by atoms with E-state index in [1.54, 1.807) is 23.6 Å². The van der Waals surface area contributed by atoms with E-state index in [9.17, 15) is 9.18 Å². The molecule has 0 saturated carbocycles. The molecule has 0 atom stereocenters. The zero-order valence-corrected chi connectivity index (χ0v) is 11.0. The first kappa shape index (κ1) is 12.6. The van der Waals surface area contributed by atoms with Crippen molar-refractivity contribution in [3.63, 3.8) is 0 Å². The minimum atomic E-state index is -0.294. The van der Waals surface area contributed by atoms with Crippen LogP contribution >= 0.6 is 11.3 Å². The summed E-state index contributed by atoms with van der Waals surface area (Å²) in [4.78, 5) is 16.1. The lowest BCUT2D eigenvalue weighted by Crippen LogP contribution is -2.10. The van der Waals surface area contributed by atoms with Crippen molar-refractivity contribution < 1.29 is 13.6 Å². The van der Waals surface area contributed by atoms with Crippen LogP contribution in [-0.4, -0.2) is 10.9 Å². The number of benzene rings is 1. The Morgan fingerprint density at radius 2 is 2.05 bits per heavy atom. The fraction of sp³-hybridized carbons (Fsp3) is 0. The lowest BCUT2D eigenvalue weighted by molar-refractivity contribution is 0.102. The van der Waals surface area contributed by atoms with E-state index in [0.717, 1.165) is 5.56 Å². The number of hydrogen-bond acceptors (Lipinski definition) is 4. The molecule has 0 bridgehead atoms. The van der Waals surface area contributed by atoms with Gasteiger partial charge in [-0.25, -0.2) is 9.37 Å². The number of anilines is 1. The predicted octanol–water partition coefficient (Wildman–Crippen LogP) is 3.79. The quantitative estimate of drug-likeness (QED) is 0.797. The summed E-state index contributed by atoms with van der Waals surface area (Å²) in [6.45, 7) is 0. The molecule has 2 aromatic heterocycles. The van der Waals surface area contributed by atoms with Crippen LogP contribution in [0, 0.1) is 5.82 Å². The highest BCUT2D eigenvalue weighted by Crippen LogP contribution is 2.25. The molecule has 3 rings (SSSR count). The van der Waals surface area contributed by atoms with Gasteiger partial charge in [-0.05, 0) is 30.3 Å². The molecule has 2 heterocycles. The van der Waals surface area contributed by atoms with Gasteiger partial charge in [-0.2, -0.15) is 0 Å². The molecule has 1 amide bonds. The van der Waals surface area contributed by atoms with Gasteiger partial charge in [0.25, 0.3) is 5.91 Å². The van der Waals surface area contributed by atoms with Crippen molar-refractivity contribution in [1.29, 1.82) is 0 Å². The summed E-state index contributed by atoms with van der Waals surface area (Å²) in [6, 6.07) is 7.61. The zero-order valence-electron chi connectivity index (χ0n) is 10.2. The molecule has 1 aromatic carbocycles. The number of nitrogens with one attached hydrogen (secondary N) is 1. The Balaban J connectivity index is 1.77. The van der Waals surface area contributed by atoms with Gasteiger partial charge in [-0.3, -0.25) is 10.1 Å². The van der Waals surface area contributed by atoms with Gasteiger partial charge >= 0.3 is 0 Å². The van der Waals surface area contributed by atoms with E-state index >= 15 is 0 Å². The van der Waals surface area contributed by atoms with Crippen molar-refractivity contribution in [2.24, 2.45) is 0 Å². The molecule has 3 aromatic rings. The van der Waals surface area contributed by atoms with Crippen LogP contribution < -0.4 is 5.32 Å². The Morgan fingerprint density at radius 3 is 2.75 bits per heavy atom. The van der Waals surface area contributed by atoms with E-state index in [2.05, 4.69) is 10.3 Å². The molecule has 0 aliphatic heterocycles. The standard InChI is InChI=1S/C14H9FN2O2S/c15-11-3-1-9(2-4-11)12-8-20-14(16-12)17-13(18)10-5-6-19-7-10/h1-8H,(H,16,17,18). The third-order valence-electron chi connectivity index (χ3n) is 2.65. The summed E-state index contributed by atoms with van der Waals surface area (Å²) in [5, 5.41) is 4.97. The van der Waals surface area contributed by atoms with Crippen molar-refractivity contribution in [3.05, 3.63) is 59.6 Å².